The van der Waals surface area contributed by atoms with Gasteiger partial charge >= 0.3 is 0 Å². The van der Waals surface area contributed by atoms with Gasteiger partial charge in [0.1, 0.15) is 5.37 Å². The Labute approximate surface area is 147 Å². The van der Waals surface area contributed by atoms with Crippen molar-refractivity contribution in [2.24, 2.45) is 0 Å². The third-order valence-corrected chi connectivity index (χ3v) is 5.50. The molecule has 0 N–H and O–H groups in total. The minimum Gasteiger partial charge on any atom is -0.357 e. The van der Waals surface area contributed by atoms with Gasteiger partial charge in [-0.2, -0.15) is 0 Å². The summed E-state index contributed by atoms with van der Waals surface area (Å²) in [5.41, 5.74) is 4.03. The fraction of sp³-hybridized carbons (Fsp3) is 0.0909. The van der Waals surface area contributed by atoms with E-state index in [1.807, 2.05) is 11.8 Å². The summed E-state index contributed by atoms with van der Waals surface area (Å²) in [6.07, 6.45) is 4.45. The first-order chi connectivity index (χ1) is 11.9. The van der Waals surface area contributed by atoms with E-state index in [4.69, 9.17) is 0 Å². The van der Waals surface area contributed by atoms with Gasteiger partial charge in [-0.1, -0.05) is 84.6 Å². The van der Waals surface area contributed by atoms with Gasteiger partial charge in [0.15, 0.2) is 0 Å². The third-order valence-electron chi connectivity index (χ3n) is 4.21. The van der Waals surface area contributed by atoms with E-state index in [-0.39, 0.29) is 5.37 Å². The van der Waals surface area contributed by atoms with Gasteiger partial charge < -0.3 is 4.90 Å². The molecule has 0 aromatic heterocycles. The molecule has 0 fully saturated rings. The second-order valence-corrected chi connectivity index (χ2v) is 7.04. The van der Waals surface area contributed by atoms with Crippen LogP contribution in [0, 0.1) is 0 Å². The number of nitrogens with zero attached hydrogens (tertiary/aromatic N) is 1. The van der Waals surface area contributed by atoms with Crippen LogP contribution in [-0.2, 0) is 6.54 Å². The molecule has 1 unspecified atom stereocenters. The summed E-state index contributed by atoms with van der Waals surface area (Å²) >= 11 is 1.91. The van der Waals surface area contributed by atoms with Gasteiger partial charge in [0.2, 0.25) is 0 Å². The molecule has 2 heteroatoms. The van der Waals surface area contributed by atoms with Gasteiger partial charge in [-0.05, 0) is 34.9 Å². The fourth-order valence-corrected chi connectivity index (χ4v) is 4.20. The quantitative estimate of drug-likeness (QED) is 0.580. The maximum atomic E-state index is 2.43. The Bertz CT molecular complexity index is 827. The predicted molar refractivity (Wildman–Crippen MR) is 103 cm³/mol. The molecule has 1 atom stereocenters. The highest BCUT2D eigenvalue weighted by Crippen LogP contribution is 2.42. The Morgan fingerprint density at radius 2 is 1.42 bits per heavy atom. The number of hydrogen-bond acceptors (Lipinski definition) is 2. The van der Waals surface area contributed by atoms with Gasteiger partial charge in [0.05, 0.1) is 0 Å². The molecule has 3 aromatic rings. The summed E-state index contributed by atoms with van der Waals surface area (Å²) in [4.78, 5) is 3.72. The Morgan fingerprint density at radius 3 is 2.21 bits per heavy atom. The fourth-order valence-electron chi connectivity index (χ4n) is 3.01. The Morgan fingerprint density at radius 1 is 0.750 bits per heavy atom. The van der Waals surface area contributed by atoms with E-state index in [0.29, 0.717) is 0 Å². The van der Waals surface area contributed by atoms with Gasteiger partial charge in [-0.15, -0.1) is 0 Å². The first-order valence-electron chi connectivity index (χ1n) is 8.19. The molecule has 1 heterocycles. The zero-order valence-electron chi connectivity index (χ0n) is 13.4. The monoisotopic (exact) mass is 329 g/mol. The van der Waals surface area contributed by atoms with E-state index in [1.54, 1.807) is 0 Å². The summed E-state index contributed by atoms with van der Waals surface area (Å²) in [6.45, 7) is 0.913. The SMILES string of the molecule is C1=CN(Cc2ccccc2)C(Sc2ccccc2)c2ccccc21. The second-order valence-electron chi connectivity index (χ2n) is 5.89. The lowest BCUT2D eigenvalue weighted by molar-refractivity contribution is 0.350. The first-order valence-corrected chi connectivity index (χ1v) is 9.07. The van der Waals surface area contributed by atoms with Gasteiger partial charge in [-0.3, -0.25) is 0 Å². The third kappa shape index (κ3) is 3.24. The number of rotatable bonds is 4. The Kier molecular flexibility index (Phi) is 4.39. The van der Waals surface area contributed by atoms with Crippen molar-refractivity contribution in [2.75, 3.05) is 0 Å². The van der Waals surface area contributed by atoms with Gasteiger partial charge in [-0.25, -0.2) is 0 Å². The van der Waals surface area contributed by atoms with Gasteiger partial charge in [0.25, 0.3) is 0 Å². The molecule has 0 aliphatic carbocycles. The molecule has 3 aromatic carbocycles. The minimum absolute atomic E-state index is 0.286. The zero-order valence-corrected chi connectivity index (χ0v) is 14.2. The highest BCUT2D eigenvalue weighted by atomic mass is 32.2. The Balaban J connectivity index is 1.67. The molecule has 0 saturated heterocycles. The molecular weight excluding hydrogens is 310 g/mol. The standard InChI is InChI=1S/C22H19NS/c1-3-9-18(10-4-1)17-23-16-15-19-11-7-8-14-21(19)22(23)24-20-12-5-2-6-13-20/h1-16,22H,17H2. The topological polar surface area (TPSA) is 3.24 Å². The lowest BCUT2D eigenvalue weighted by Crippen LogP contribution is -2.24. The van der Waals surface area contributed by atoms with Crippen molar-refractivity contribution < 1.29 is 0 Å². The lowest BCUT2D eigenvalue weighted by Gasteiger charge is -2.34. The average molecular weight is 329 g/mol. The molecule has 0 amide bonds. The van der Waals surface area contributed by atoms with Crippen molar-refractivity contribution >= 4 is 17.8 Å². The summed E-state index contributed by atoms with van der Waals surface area (Å²) in [5, 5.41) is 0.286. The van der Waals surface area contributed by atoms with Crippen LogP contribution in [0.15, 0.2) is 96.0 Å². The molecule has 1 aliphatic heterocycles. The van der Waals surface area contributed by atoms with E-state index < -0.39 is 0 Å². The van der Waals surface area contributed by atoms with Crippen LogP contribution in [0.5, 0.6) is 0 Å². The molecule has 4 rings (SSSR count). The zero-order chi connectivity index (χ0) is 16.2. The lowest BCUT2D eigenvalue weighted by atomic mass is 10.0. The number of benzene rings is 3. The molecular formula is C22H19NS. The van der Waals surface area contributed by atoms with Crippen LogP contribution in [0.3, 0.4) is 0 Å². The second kappa shape index (κ2) is 6.98. The van der Waals surface area contributed by atoms with Crippen molar-refractivity contribution in [1.82, 2.24) is 4.90 Å². The average Bonchev–Trinajstić information content (AvgIpc) is 2.65. The van der Waals surface area contributed by atoms with Crippen LogP contribution in [0.25, 0.3) is 6.08 Å². The number of fused-ring (bicyclic) bond motifs is 1. The summed E-state index contributed by atoms with van der Waals surface area (Å²) < 4.78 is 0. The molecule has 1 aliphatic rings. The van der Waals surface area contributed by atoms with E-state index in [9.17, 15) is 0 Å². The van der Waals surface area contributed by atoms with Crippen LogP contribution >= 0.6 is 11.8 Å². The molecule has 1 nitrogen and oxygen atoms in total. The minimum atomic E-state index is 0.286. The summed E-state index contributed by atoms with van der Waals surface area (Å²) in [5.74, 6) is 0. The van der Waals surface area contributed by atoms with E-state index in [1.165, 1.54) is 21.6 Å². The van der Waals surface area contributed by atoms with Crippen molar-refractivity contribution in [3.8, 4) is 0 Å². The highest BCUT2D eigenvalue weighted by Gasteiger charge is 2.24. The van der Waals surface area contributed by atoms with Crippen molar-refractivity contribution in [1.29, 1.82) is 0 Å². The molecule has 118 valence electrons. The van der Waals surface area contributed by atoms with Gasteiger partial charge in [0, 0.05) is 17.6 Å². The van der Waals surface area contributed by atoms with Crippen LogP contribution in [0.4, 0.5) is 0 Å². The van der Waals surface area contributed by atoms with Crippen LogP contribution in [0.1, 0.15) is 22.1 Å². The van der Waals surface area contributed by atoms with Crippen LogP contribution < -0.4 is 0 Å². The smallest absolute Gasteiger partial charge is 0.105 e. The largest absolute Gasteiger partial charge is 0.357 e. The van der Waals surface area contributed by atoms with Crippen LogP contribution in [0.2, 0.25) is 0 Å². The van der Waals surface area contributed by atoms with Crippen molar-refractivity contribution in [3.63, 3.8) is 0 Å². The van der Waals surface area contributed by atoms with Crippen molar-refractivity contribution in [3.05, 3.63) is 108 Å². The number of hydrogen-bond donors (Lipinski definition) is 0. The normalized spacial score (nSPS) is 16.0. The Hall–Kier alpha value is -2.45. The molecule has 0 radical (unpaired) electrons. The maximum absolute atomic E-state index is 2.43. The van der Waals surface area contributed by atoms with E-state index in [0.717, 1.165) is 6.54 Å². The van der Waals surface area contributed by atoms with E-state index >= 15 is 0 Å². The predicted octanol–water partition coefficient (Wildman–Crippen LogP) is 5.96. The maximum Gasteiger partial charge on any atom is 0.105 e. The first kappa shape index (κ1) is 15.1. The molecule has 0 bridgehead atoms. The summed E-state index contributed by atoms with van der Waals surface area (Å²) in [7, 11) is 0. The van der Waals surface area contributed by atoms with Crippen LogP contribution in [-0.4, -0.2) is 4.90 Å². The molecule has 24 heavy (non-hydrogen) atoms. The number of thioether (sulfide) groups is 1. The van der Waals surface area contributed by atoms with Crippen molar-refractivity contribution in [2.45, 2.75) is 16.8 Å². The van der Waals surface area contributed by atoms with E-state index in [2.05, 4.69) is 102 Å². The summed E-state index contributed by atoms with van der Waals surface area (Å²) in [6, 6.07) is 30.0. The molecule has 0 spiro atoms. The molecule has 0 saturated carbocycles. The highest BCUT2D eigenvalue weighted by molar-refractivity contribution is 7.99.